The van der Waals surface area contributed by atoms with Gasteiger partial charge in [0.2, 0.25) is 11.8 Å². The molecule has 1 unspecified atom stereocenters. The first-order valence-corrected chi connectivity index (χ1v) is 13.8. The van der Waals surface area contributed by atoms with Gasteiger partial charge in [0.1, 0.15) is 18.1 Å². The van der Waals surface area contributed by atoms with Crippen molar-refractivity contribution in [2.24, 2.45) is 0 Å². The Hall–Kier alpha value is -5.18. The quantitative estimate of drug-likeness (QED) is 0.249. The van der Waals surface area contributed by atoms with Crippen LogP contribution < -0.4 is 14.8 Å². The topological polar surface area (TPSA) is 118 Å². The van der Waals surface area contributed by atoms with Crippen LogP contribution in [0.5, 0.6) is 17.4 Å². The van der Waals surface area contributed by atoms with E-state index in [-0.39, 0.29) is 35.5 Å². The van der Waals surface area contributed by atoms with Gasteiger partial charge in [0.15, 0.2) is 0 Å². The highest BCUT2D eigenvalue weighted by Crippen LogP contribution is 2.25. The van der Waals surface area contributed by atoms with Crippen molar-refractivity contribution in [1.82, 2.24) is 9.88 Å². The molecule has 42 heavy (non-hydrogen) atoms. The highest BCUT2D eigenvalue weighted by molar-refractivity contribution is 6.01. The fraction of sp³-hybridized carbons (Fsp3) is 0.212. The van der Waals surface area contributed by atoms with E-state index in [0.29, 0.717) is 35.1 Å². The van der Waals surface area contributed by atoms with E-state index in [1.54, 1.807) is 48.7 Å². The van der Waals surface area contributed by atoms with Gasteiger partial charge in [-0.05, 0) is 73.4 Å². The largest absolute Gasteiger partial charge is 0.491 e. The predicted octanol–water partition coefficient (Wildman–Crippen LogP) is 5.83. The number of hydrogen-bond donors (Lipinski definition) is 2. The van der Waals surface area contributed by atoms with E-state index in [2.05, 4.69) is 10.3 Å². The number of para-hydroxylation sites is 1. The van der Waals surface area contributed by atoms with Gasteiger partial charge in [-0.1, -0.05) is 36.4 Å². The molecule has 2 amide bonds. The second-order valence-electron chi connectivity index (χ2n) is 9.98. The van der Waals surface area contributed by atoms with Crippen LogP contribution in [0.1, 0.15) is 45.5 Å². The summed E-state index contributed by atoms with van der Waals surface area (Å²) >= 11 is 0. The summed E-state index contributed by atoms with van der Waals surface area (Å²) in [6.45, 7) is 1.14. The lowest BCUT2D eigenvalue weighted by Gasteiger charge is -2.35. The second-order valence-corrected chi connectivity index (χ2v) is 9.98. The lowest BCUT2D eigenvalue weighted by Crippen LogP contribution is -2.46. The van der Waals surface area contributed by atoms with Crippen LogP contribution in [-0.2, 0) is 11.2 Å². The number of carbonyl (C=O) groups excluding carboxylic acids is 2. The summed E-state index contributed by atoms with van der Waals surface area (Å²) < 4.78 is 11.9. The molecule has 3 aromatic carbocycles. The molecule has 1 aromatic heterocycles. The van der Waals surface area contributed by atoms with Crippen LogP contribution in [-0.4, -0.2) is 52.0 Å². The van der Waals surface area contributed by atoms with Crippen molar-refractivity contribution in [3.05, 3.63) is 114 Å². The number of benzene rings is 3. The molecule has 5 rings (SSSR count). The van der Waals surface area contributed by atoms with Crippen molar-refractivity contribution in [3.63, 3.8) is 0 Å². The van der Waals surface area contributed by atoms with Crippen molar-refractivity contribution in [1.29, 1.82) is 0 Å². The molecule has 1 fully saturated rings. The molecule has 9 nitrogen and oxygen atoms in total. The average molecular weight is 566 g/mol. The summed E-state index contributed by atoms with van der Waals surface area (Å²) in [7, 11) is 0. The van der Waals surface area contributed by atoms with E-state index in [1.807, 2.05) is 47.4 Å². The molecule has 0 saturated carbocycles. The summed E-state index contributed by atoms with van der Waals surface area (Å²) in [4.78, 5) is 43.0. The Balaban J connectivity index is 1.12. The Morgan fingerprint density at radius 1 is 0.881 bits per heavy atom. The number of carbonyl (C=O) groups is 3. The number of likely N-dealkylation sites (tertiary alicyclic amines) is 1. The van der Waals surface area contributed by atoms with Crippen LogP contribution in [0.4, 0.5) is 5.69 Å². The number of aromatic nitrogens is 1. The number of carboxylic acid groups (broad SMARTS) is 1. The number of pyridine rings is 1. The molecule has 1 aliphatic rings. The molecule has 0 bridgehead atoms. The Bertz CT molecular complexity index is 1520. The molecule has 1 aliphatic heterocycles. The van der Waals surface area contributed by atoms with E-state index >= 15 is 0 Å². The van der Waals surface area contributed by atoms with Gasteiger partial charge in [-0.25, -0.2) is 9.78 Å². The fourth-order valence-electron chi connectivity index (χ4n) is 4.84. The average Bonchev–Trinajstić information content (AvgIpc) is 3.02. The molecular formula is C33H31N3O6. The zero-order valence-electron chi connectivity index (χ0n) is 22.9. The zero-order valence-corrected chi connectivity index (χ0v) is 22.9. The third-order valence-electron chi connectivity index (χ3n) is 6.99. The van der Waals surface area contributed by atoms with Gasteiger partial charge in [-0.15, -0.1) is 0 Å². The first-order valence-electron chi connectivity index (χ1n) is 13.8. The minimum absolute atomic E-state index is 0.0130. The molecule has 2 N–H and O–H groups in total. The molecule has 4 aromatic rings. The Labute approximate surface area is 243 Å². The number of nitrogens with one attached hydrogen (secondary N) is 1. The van der Waals surface area contributed by atoms with Gasteiger partial charge >= 0.3 is 5.97 Å². The van der Waals surface area contributed by atoms with Crippen molar-refractivity contribution in [2.45, 2.75) is 31.7 Å². The van der Waals surface area contributed by atoms with Gasteiger partial charge < -0.3 is 24.8 Å². The second kappa shape index (κ2) is 13.5. The minimum atomic E-state index is -1.11. The number of nitrogens with zero attached hydrogens (tertiary/aromatic N) is 2. The Morgan fingerprint density at radius 3 is 2.36 bits per heavy atom. The Kier molecular flexibility index (Phi) is 9.08. The molecule has 0 spiro atoms. The summed E-state index contributed by atoms with van der Waals surface area (Å²) in [6, 6.07) is 26.2. The third-order valence-corrected chi connectivity index (χ3v) is 6.99. The summed E-state index contributed by atoms with van der Waals surface area (Å²) in [6.07, 6.45) is 4.53. The van der Waals surface area contributed by atoms with Crippen molar-refractivity contribution in [2.75, 3.05) is 18.5 Å². The first-order chi connectivity index (χ1) is 20.5. The predicted molar refractivity (Wildman–Crippen MR) is 157 cm³/mol. The maximum atomic E-state index is 13.0. The van der Waals surface area contributed by atoms with E-state index < -0.39 is 5.97 Å². The molecule has 1 atom stereocenters. The van der Waals surface area contributed by atoms with Crippen LogP contribution in [0.25, 0.3) is 0 Å². The summed E-state index contributed by atoms with van der Waals surface area (Å²) in [5.41, 5.74) is 1.61. The number of rotatable bonds is 10. The third kappa shape index (κ3) is 7.31. The number of anilines is 1. The fourth-order valence-corrected chi connectivity index (χ4v) is 4.84. The van der Waals surface area contributed by atoms with Gasteiger partial charge in [0.05, 0.1) is 23.7 Å². The van der Waals surface area contributed by atoms with E-state index in [9.17, 15) is 19.5 Å². The normalized spacial score (nSPS) is 14.6. The lowest BCUT2D eigenvalue weighted by atomic mass is 10.0. The summed E-state index contributed by atoms with van der Waals surface area (Å²) in [5, 5.41) is 11.9. The Morgan fingerprint density at radius 2 is 1.62 bits per heavy atom. The number of carboxylic acids is 1. The number of piperidine rings is 1. The lowest BCUT2D eigenvalue weighted by molar-refractivity contribution is -0.115. The first kappa shape index (κ1) is 28.4. The highest BCUT2D eigenvalue weighted by Gasteiger charge is 2.28. The number of hydrogen-bond acceptors (Lipinski definition) is 6. The SMILES string of the molecule is O=C(Cc1ccc(Oc2ccc(OCC3CCCCN3C(=O)c3ccccc3)cc2)nc1)Nc1ccccc1C(=O)O. The molecular weight excluding hydrogens is 534 g/mol. The molecule has 9 heteroatoms. The van der Waals surface area contributed by atoms with Gasteiger partial charge in [0.25, 0.3) is 5.91 Å². The molecule has 2 heterocycles. The van der Waals surface area contributed by atoms with Gasteiger partial charge in [0, 0.05) is 24.4 Å². The highest BCUT2D eigenvalue weighted by atomic mass is 16.5. The van der Waals surface area contributed by atoms with Crippen LogP contribution in [0, 0.1) is 0 Å². The van der Waals surface area contributed by atoms with Crippen molar-refractivity contribution >= 4 is 23.5 Å². The minimum Gasteiger partial charge on any atom is -0.491 e. The van der Waals surface area contributed by atoms with E-state index in [4.69, 9.17) is 9.47 Å². The smallest absolute Gasteiger partial charge is 0.337 e. The maximum Gasteiger partial charge on any atom is 0.337 e. The number of ether oxygens (including phenoxy) is 2. The maximum absolute atomic E-state index is 13.0. The molecule has 0 aliphatic carbocycles. The van der Waals surface area contributed by atoms with Crippen molar-refractivity contribution in [3.8, 4) is 17.4 Å². The van der Waals surface area contributed by atoms with Gasteiger partial charge in [-0.2, -0.15) is 0 Å². The van der Waals surface area contributed by atoms with Gasteiger partial charge in [-0.3, -0.25) is 9.59 Å². The molecule has 0 radical (unpaired) electrons. The van der Waals surface area contributed by atoms with Crippen LogP contribution in [0.2, 0.25) is 0 Å². The van der Waals surface area contributed by atoms with Crippen molar-refractivity contribution < 1.29 is 29.0 Å². The zero-order chi connectivity index (χ0) is 29.3. The monoisotopic (exact) mass is 565 g/mol. The van der Waals surface area contributed by atoms with Crippen LogP contribution in [0.15, 0.2) is 97.2 Å². The van der Waals surface area contributed by atoms with Crippen LogP contribution >= 0.6 is 0 Å². The molecule has 214 valence electrons. The number of amides is 2. The molecule has 1 saturated heterocycles. The number of aromatic carboxylic acids is 1. The summed E-state index contributed by atoms with van der Waals surface area (Å²) in [5.74, 6) is 0.190. The van der Waals surface area contributed by atoms with Crippen LogP contribution in [0.3, 0.4) is 0 Å². The standard InChI is InChI=1S/C33H31N3O6/c37-30(35-29-12-5-4-11-28(29)33(39)40)20-23-13-18-31(34-21-23)42-27-16-14-26(15-17-27)41-22-25-10-6-7-19-36(25)32(38)24-8-2-1-3-9-24/h1-5,8-9,11-18,21,25H,6-7,10,19-20,22H2,(H,35,37)(H,39,40). The van der Waals surface area contributed by atoms with E-state index in [1.165, 1.54) is 6.07 Å². The van der Waals surface area contributed by atoms with E-state index in [0.717, 1.165) is 25.8 Å².